The van der Waals surface area contributed by atoms with Crippen LogP contribution in [0.5, 0.6) is 0 Å². The monoisotopic (exact) mass is 556 g/mol. The molecule has 0 spiro atoms. The number of aromatic nitrogens is 3. The first kappa shape index (κ1) is 22.5. The lowest BCUT2D eigenvalue weighted by Gasteiger charge is -2.17. The topological polar surface area (TPSA) is 84.6 Å². The van der Waals surface area contributed by atoms with E-state index in [1.165, 1.54) is 0 Å². The Morgan fingerprint density at radius 3 is 2.44 bits per heavy atom. The minimum absolute atomic E-state index is 0.0847. The summed E-state index contributed by atoms with van der Waals surface area (Å²) in [5.74, 6) is -0.279. The smallest absolute Gasteiger partial charge is 0.300 e. The molecule has 176 valence electrons. The van der Waals surface area contributed by atoms with Crippen LogP contribution in [0.2, 0.25) is 0 Å². The van der Waals surface area contributed by atoms with Gasteiger partial charge >= 0.3 is 5.56 Å². The van der Waals surface area contributed by atoms with Gasteiger partial charge in [0.2, 0.25) is 4.96 Å². The zero-order valence-corrected chi connectivity index (χ0v) is 21.3. The second kappa shape index (κ2) is 8.61. The zero-order chi connectivity index (χ0) is 25.0. The van der Waals surface area contributed by atoms with Crippen molar-refractivity contribution in [3.63, 3.8) is 0 Å². The van der Waals surface area contributed by atoms with E-state index in [2.05, 4.69) is 26.0 Å². The Hall–Kier alpha value is -3.95. The fourth-order valence-electron chi connectivity index (χ4n) is 4.29. The van der Waals surface area contributed by atoms with E-state index in [1.807, 2.05) is 55.5 Å². The number of benzene rings is 3. The highest BCUT2D eigenvalue weighted by Gasteiger charge is 2.34. The Balaban J connectivity index is 1.57. The molecule has 0 fully saturated rings. The second-order valence-corrected chi connectivity index (χ2v) is 10.4. The SMILES string of the molecule is Cc1ccc(CN2C(=O)/C(=c3\sc4nc(=O)c(-c5ccccc5)nn4c3=O)c3cc(Br)ccc32)cc1. The molecule has 3 aromatic carbocycles. The van der Waals surface area contributed by atoms with Crippen molar-refractivity contribution in [1.82, 2.24) is 14.6 Å². The molecule has 0 unspecified atom stereocenters. The van der Waals surface area contributed by atoms with Crippen LogP contribution in [-0.4, -0.2) is 20.5 Å². The van der Waals surface area contributed by atoms with Crippen LogP contribution >= 0.6 is 27.3 Å². The summed E-state index contributed by atoms with van der Waals surface area (Å²) < 4.78 is 2.11. The average molecular weight is 557 g/mol. The van der Waals surface area contributed by atoms with Gasteiger partial charge in [-0.25, -0.2) is 0 Å². The number of amides is 1. The summed E-state index contributed by atoms with van der Waals surface area (Å²) in [6, 6.07) is 22.4. The van der Waals surface area contributed by atoms with Crippen LogP contribution in [0, 0.1) is 6.92 Å². The number of aryl methyl sites for hydroxylation is 1. The van der Waals surface area contributed by atoms with E-state index in [0.717, 1.165) is 37.1 Å². The molecule has 3 heterocycles. The fraction of sp³-hybridized carbons (Fsp3) is 0.0741. The summed E-state index contributed by atoms with van der Waals surface area (Å²) in [4.78, 5) is 45.9. The Bertz CT molecular complexity index is 1850. The molecule has 0 saturated heterocycles. The first-order valence-electron chi connectivity index (χ1n) is 11.1. The van der Waals surface area contributed by atoms with Crippen LogP contribution < -0.4 is 20.6 Å². The number of anilines is 1. The van der Waals surface area contributed by atoms with E-state index in [-0.39, 0.29) is 26.7 Å². The Morgan fingerprint density at radius 1 is 0.944 bits per heavy atom. The van der Waals surface area contributed by atoms with E-state index in [1.54, 1.807) is 29.2 Å². The zero-order valence-electron chi connectivity index (χ0n) is 18.9. The maximum absolute atomic E-state index is 13.8. The van der Waals surface area contributed by atoms with Crippen molar-refractivity contribution in [2.45, 2.75) is 13.5 Å². The molecule has 0 atom stereocenters. The van der Waals surface area contributed by atoms with Crippen molar-refractivity contribution in [3.8, 4) is 11.3 Å². The third-order valence-corrected chi connectivity index (χ3v) is 7.60. The quantitative estimate of drug-likeness (QED) is 0.338. The molecule has 9 heteroatoms. The standard InChI is InChI=1S/C27H17BrN4O3S/c1-15-7-9-16(10-8-15)14-31-20-12-11-18(28)13-19(20)21(25(31)34)23-26(35)32-27(36-23)29-24(33)22(30-32)17-5-3-2-4-6-17/h2-13H,14H2,1H3/b23-21-. The van der Waals surface area contributed by atoms with E-state index in [4.69, 9.17) is 0 Å². The predicted molar refractivity (Wildman–Crippen MR) is 143 cm³/mol. The van der Waals surface area contributed by atoms with Gasteiger partial charge in [-0.1, -0.05) is 87.4 Å². The van der Waals surface area contributed by atoms with Gasteiger partial charge in [-0.2, -0.15) is 14.6 Å². The van der Waals surface area contributed by atoms with E-state index >= 15 is 0 Å². The molecule has 0 radical (unpaired) electrons. The number of carbonyl (C=O) groups excluding carboxylic acids is 1. The van der Waals surface area contributed by atoms with E-state index in [9.17, 15) is 14.4 Å². The van der Waals surface area contributed by atoms with Crippen molar-refractivity contribution in [1.29, 1.82) is 0 Å². The molecule has 36 heavy (non-hydrogen) atoms. The highest BCUT2D eigenvalue weighted by molar-refractivity contribution is 9.10. The minimum Gasteiger partial charge on any atom is -0.303 e. The third kappa shape index (κ3) is 3.68. The Kier molecular flexibility index (Phi) is 5.39. The molecule has 6 rings (SSSR count). The second-order valence-electron chi connectivity index (χ2n) is 8.48. The van der Waals surface area contributed by atoms with Crippen molar-refractivity contribution in [2.75, 3.05) is 4.90 Å². The molecular weight excluding hydrogens is 540 g/mol. The Labute approximate surface area is 217 Å². The number of rotatable bonds is 3. The van der Waals surface area contributed by atoms with Gasteiger partial charge in [0.15, 0.2) is 5.69 Å². The van der Waals surface area contributed by atoms with Crippen molar-refractivity contribution < 1.29 is 4.79 Å². The summed E-state index contributed by atoms with van der Waals surface area (Å²) in [5, 5.41) is 4.32. The fourth-order valence-corrected chi connectivity index (χ4v) is 5.65. The molecule has 5 aromatic rings. The van der Waals surface area contributed by atoms with Crippen LogP contribution in [0.1, 0.15) is 16.7 Å². The lowest BCUT2D eigenvalue weighted by Crippen LogP contribution is -2.32. The minimum atomic E-state index is -0.527. The number of fused-ring (bicyclic) bond motifs is 2. The summed E-state index contributed by atoms with van der Waals surface area (Å²) in [7, 11) is 0. The third-order valence-electron chi connectivity index (χ3n) is 6.07. The van der Waals surface area contributed by atoms with Crippen LogP contribution in [0.3, 0.4) is 0 Å². The van der Waals surface area contributed by atoms with Gasteiger partial charge in [-0.3, -0.25) is 14.4 Å². The van der Waals surface area contributed by atoms with Gasteiger partial charge in [0.05, 0.1) is 17.8 Å². The largest absolute Gasteiger partial charge is 0.303 e. The van der Waals surface area contributed by atoms with Crippen LogP contribution in [0.15, 0.2) is 86.9 Å². The maximum atomic E-state index is 13.8. The molecule has 0 bridgehead atoms. The van der Waals surface area contributed by atoms with Gasteiger partial charge in [-0.05, 0) is 30.7 Å². The number of thiazole rings is 1. The average Bonchev–Trinajstić information content (AvgIpc) is 3.32. The summed E-state index contributed by atoms with van der Waals surface area (Å²) in [5.41, 5.74) is 3.41. The number of hydrogen-bond donors (Lipinski definition) is 0. The van der Waals surface area contributed by atoms with Crippen LogP contribution in [0.4, 0.5) is 5.69 Å². The Morgan fingerprint density at radius 2 is 1.69 bits per heavy atom. The normalized spacial score (nSPS) is 14.5. The first-order valence-corrected chi connectivity index (χ1v) is 12.7. The molecule has 1 aliphatic heterocycles. The van der Waals surface area contributed by atoms with Gasteiger partial charge in [0, 0.05) is 15.6 Å². The lowest BCUT2D eigenvalue weighted by molar-refractivity contribution is -0.113. The number of carbonyl (C=O) groups is 1. The molecule has 2 aromatic heterocycles. The number of nitrogens with zero attached hydrogens (tertiary/aromatic N) is 4. The number of hydrogen-bond acceptors (Lipinski definition) is 6. The maximum Gasteiger partial charge on any atom is 0.300 e. The predicted octanol–water partition coefficient (Wildman–Crippen LogP) is 3.71. The molecule has 7 nitrogen and oxygen atoms in total. The van der Waals surface area contributed by atoms with Gasteiger partial charge < -0.3 is 4.90 Å². The summed E-state index contributed by atoms with van der Waals surface area (Å²) >= 11 is 4.49. The van der Waals surface area contributed by atoms with Crippen molar-refractivity contribution >= 4 is 49.4 Å². The number of halogens is 1. The molecular formula is C27H17BrN4O3S. The van der Waals surface area contributed by atoms with Gasteiger partial charge in [-0.15, -0.1) is 0 Å². The first-order chi connectivity index (χ1) is 17.4. The molecule has 0 N–H and O–H groups in total. The van der Waals surface area contributed by atoms with Gasteiger partial charge in [0.25, 0.3) is 11.5 Å². The van der Waals surface area contributed by atoms with Crippen LogP contribution in [-0.2, 0) is 11.3 Å². The lowest BCUT2D eigenvalue weighted by atomic mass is 10.1. The molecule has 0 saturated carbocycles. The van der Waals surface area contributed by atoms with Crippen molar-refractivity contribution in [3.05, 3.63) is 119 Å². The molecule has 1 aliphatic rings. The molecule has 1 amide bonds. The molecule has 0 aliphatic carbocycles. The summed E-state index contributed by atoms with van der Waals surface area (Å²) in [6.45, 7) is 2.37. The summed E-state index contributed by atoms with van der Waals surface area (Å²) in [6.07, 6.45) is 0. The van der Waals surface area contributed by atoms with E-state index in [0.29, 0.717) is 17.7 Å². The highest BCUT2D eigenvalue weighted by atomic mass is 79.9. The van der Waals surface area contributed by atoms with Crippen molar-refractivity contribution in [2.24, 2.45) is 0 Å². The highest BCUT2D eigenvalue weighted by Crippen LogP contribution is 2.38. The van der Waals surface area contributed by atoms with Gasteiger partial charge in [0.1, 0.15) is 4.53 Å². The van der Waals surface area contributed by atoms with E-state index < -0.39 is 11.1 Å². The van der Waals surface area contributed by atoms with Crippen LogP contribution in [0.25, 0.3) is 21.8 Å².